The van der Waals surface area contributed by atoms with Gasteiger partial charge in [0.15, 0.2) is 5.78 Å². The van der Waals surface area contributed by atoms with Gasteiger partial charge >= 0.3 is 0 Å². The first-order valence-corrected chi connectivity index (χ1v) is 5.44. The zero-order valence-electron chi connectivity index (χ0n) is 8.50. The summed E-state index contributed by atoms with van der Waals surface area (Å²) in [7, 11) is 1.49. The average Bonchev–Trinajstić information content (AvgIpc) is 2.26. The van der Waals surface area contributed by atoms with E-state index in [1.54, 1.807) is 12.1 Å². The number of Topliss-reactive ketones (excluding diaryl/α,β-unsaturated/α-hetero) is 1. The standard InChI is InChI=1S/C11H10BrNO2/c1-7-3-8(6-13)11(9(14)5-12)10(4-7)15-2/h3-4H,5H2,1-2H3. The highest BCUT2D eigenvalue weighted by Crippen LogP contribution is 2.25. The summed E-state index contributed by atoms with van der Waals surface area (Å²) in [5, 5.41) is 9.12. The largest absolute Gasteiger partial charge is 0.496 e. The minimum absolute atomic E-state index is 0.150. The maximum atomic E-state index is 11.6. The second-order valence-electron chi connectivity index (χ2n) is 3.06. The number of rotatable bonds is 3. The number of halogens is 1. The molecule has 0 aromatic heterocycles. The predicted octanol–water partition coefficient (Wildman–Crippen LogP) is 2.45. The third kappa shape index (κ3) is 2.37. The molecule has 0 atom stereocenters. The van der Waals surface area contributed by atoms with Crippen molar-refractivity contribution in [1.29, 1.82) is 5.26 Å². The lowest BCUT2D eigenvalue weighted by Crippen LogP contribution is -2.06. The summed E-state index contributed by atoms with van der Waals surface area (Å²) in [6, 6.07) is 5.43. The van der Waals surface area contributed by atoms with E-state index in [-0.39, 0.29) is 11.1 Å². The van der Waals surface area contributed by atoms with Crippen molar-refractivity contribution in [3.8, 4) is 11.8 Å². The topological polar surface area (TPSA) is 50.1 Å². The van der Waals surface area contributed by atoms with E-state index in [4.69, 9.17) is 10.00 Å². The summed E-state index contributed by atoms with van der Waals surface area (Å²) in [6.45, 7) is 1.85. The van der Waals surface area contributed by atoms with Crippen LogP contribution >= 0.6 is 15.9 Å². The smallest absolute Gasteiger partial charge is 0.178 e. The van der Waals surface area contributed by atoms with E-state index in [0.717, 1.165) is 5.56 Å². The summed E-state index contributed by atoms with van der Waals surface area (Å²) < 4.78 is 5.10. The number of carbonyl (C=O) groups excluding carboxylic acids is 1. The molecule has 0 heterocycles. The zero-order chi connectivity index (χ0) is 11.4. The third-order valence-electron chi connectivity index (χ3n) is 1.99. The molecular weight excluding hydrogens is 258 g/mol. The molecule has 1 aromatic rings. The van der Waals surface area contributed by atoms with Gasteiger partial charge in [-0.05, 0) is 24.6 Å². The summed E-state index contributed by atoms with van der Waals surface area (Å²) in [5.41, 5.74) is 1.60. The third-order valence-corrected chi connectivity index (χ3v) is 2.50. The number of methoxy groups -OCH3 is 1. The number of nitrogens with zero attached hydrogens (tertiary/aromatic N) is 1. The first-order chi connectivity index (χ1) is 7.13. The van der Waals surface area contributed by atoms with Gasteiger partial charge in [0.25, 0.3) is 0 Å². The molecule has 0 bridgehead atoms. The average molecular weight is 268 g/mol. The second kappa shape index (κ2) is 4.94. The van der Waals surface area contributed by atoms with Crippen molar-refractivity contribution < 1.29 is 9.53 Å². The molecule has 4 heteroatoms. The molecule has 1 rings (SSSR count). The van der Waals surface area contributed by atoms with Crippen molar-refractivity contribution >= 4 is 21.7 Å². The highest BCUT2D eigenvalue weighted by atomic mass is 79.9. The van der Waals surface area contributed by atoms with E-state index in [9.17, 15) is 4.79 Å². The van der Waals surface area contributed by atoms with Crippen LogP contribution in [0.15, 0.2) is 12.1 Å². The molecule has 15 heavy (non-hydrogen) atoms. The molecule has 0 radical (unpaired) electrons. The first-order valence-electron chi connectivity index (χ1n) is 4.32. The normalized spacial score (nSPS) is 9.47. The van der Waals surface area contributed by atoms with Gasteiger partial charge in [-0.3, -0.25) is 4.79 Å². The van der Waals surface area contributed by atoms with Gasteiger partial charge in [-0.25, -0.2) is 0 Å². The van der Waals surface area contributed by atoms with Crippen LogP contribution < -0.4 is 4.74 Å². The maximum absolute atomic E-state index is 11.6. The van der Waals surface area contributed by atoms with Crippen LogP contribution in [-0.2, 0) is 0 Å². The monoisotopic (exact) mass is 267 g/mol. The Balaban J connectivity index is 3.45. The lowest BCUT2D eigenvalue weighted by atomic mass is 10.0. The van der Waals surface area contributed by atoms with Crippen LogP contribution in [0.4, 0.5) is 0 Å². The van der Waals surface area contributed by atoms with Crippen LogP contribution in [-0.4, -0.2) is 18.2 Å². The van der Waals surface area contributed by atoms with Crippen molar-refractivity contribution in [3.05, 3.63) is 28.8 Å². The Bertz CT molecular complexity index is 435. The Morgan fingerprint density at radius 3 is 2.73 bits per heavy atom. The Labute approximate surface area is 96.8 Å². The van der Waals surface area contributed by atoms with E-state index in [1.165, 1.54) is 7.11 Å². The van der Waals surface area contributed by atoms with Crippen molar-refractivity contribution in [2.24, 2.45) is 0 Å². The molecule has 0 N–H and O–H groups in total. The molecule has 0 aliphatic carbocycles. The number of alkyl halides is 1. The van der Waals surface area contributed by atoms with Crippen LogP contribution in [0.3, 0.4) is 0 Å². The minimum Gasteiger partial charge on any atom is -0.496 e. The molecule has 0 aliphatic heterocycles. The Kier molecular flexibility index (Phi) is 3.87. The van der Waals surface area contributed by atoms with Gasteiger partial charge in [-0.1, -0.05) is 15.9 Å². The number of aryl methyl sites for hydroxylation is 1. The fourth-order valence-electron chi connectivity index (χ4n) is 1.36. The van der Waals surface area contributed by atoms with E-state index in [2.05, 4.69) is 15.9 Å². The van der Waals surface area contributed by atoms with Gasteiger partial charge in [0.05, 0.1) is 23.6 Å². The summed E-state index contributed by atoms with van der Waals surface area (Å²) in [6.07, 6.45) is 0. The number of ketones is 1. The molecule has 0 fully saturated rings. The summed E-state index contributed by atoms with van der Waals surface area (Å²) in [5.74, 6) is 0.305. The van der Waals surface area contributed by atoms with Crippen LogP contribution in [0, 0.1) is 18.3 Å². The maximum Gasteiger partial charge on any atom is 0.178 e. The number of nitriles is 1. The van der Waals surface area contributed by atoms with E-state index in [1.807, 2.05) is 13.0 Å². The highest BCUT2D eigenvalue weighted by molar-refractivity contribution is 9.09. The SMILES string of the molecule is COc1cc(C)cc(C#N)c1C(=O)CBr. The number of hydrogen-bond acceptors (Lipinski definition) is 3. The molecule has 1 aromatic carbocycles. The molecule has 0 saturated carbocycles. The lowest BCUT2D eigenvalue weighted by molar-refractivity contribution is 0.102. The first kappa shape index (κ1) is 11.7. The Hall–Kier alpha value is -1.34. The molecule has 0 saturated heterocycles. The molecule has 0 amide bonds. The van der Waals surface area contributed by atoms with E-state index >= 15 is 0 Å². The van der Waals surface area contributed by atoms with Crippen LogP contribution in [0.2, 0.25) is 0 Å². The Morgan fingerprint density at radius 2 is 2.27 bits per heavy atom. The van der Waals surface area contributed by atoms with Crippen molar-refractivity contribution in [1.82, 2.24) is 0 Å². The van der Waals surface area contributed by atoms with Gasteiger partial charge in [0.1, 0.15) is 11.8 Å². The lowest BCUT2D eigenvalue weighted by Gasteiger charge is -2.09. The van der Waals surface area contributed by atoms with Crippen molar-refractivity contribution in [2.45, 2.75) is 6.92 Å². The predicted molar refractivity (Wildman–Crippen MR) is 60.6 cm³/mol. The van der Waals surface area contributed by atoms with Crippen molar-refractivity contribution in [2.75, 3.05) is 12.4 Å². The molecule has 0 aliphatic rings. The molecule has 0 unspecified atom stereocenters. The van der Waals surface area contributed by atoms with Crippen LogP contribution in [0.1, 0.15) is 21.5 Å². The molecule has 78 valence electrons. The molecule has 3 nitrogen and oxygen atoms in total. The van der Waals surface area contributed by atoms with Gasteiger partial charge < -0.3 is 4.74 Å². The van der Waals surface area contributed by atoms with Crippen molar-refractivity contribution in [3.63, 3.8) is 0 Å². The fourth-order valence-corrected chi connectivity index (χ4v) is 1.64. The van der Waals surface area contributed by atoms with Crippen LogP contribution in [0.5, 0.6) is 5.75 Å². The highest BCUT2D eigenvalue weighted by Gasteiger charge is 2.16. The van der Waals surface area contributed by atoms with Gasteiger partial charge in [0.2, 0.25) is 0 Å². The van der Waals surface area contributed by atoms with Gasteiger partial charge in [-0.15, -0.1) is 0 Å². The van der Waals surface area contributed by atoms with Gasteiger partial charge in [0, 0.05) is 0 Å². The minimum atomic E-state index is -0.150. The fraction of sp³-hybridized carbons (Fsp3) is 0.273. The number of carbonyl (C=O) groups is 1. The number of benzene rings is 1. The second-order valence-corrected chi connectivity index (χ2v) is 3.62. The number of ether oxygens (including phenoxy) is 1. The van der Waals surface area contributed by atoms with E-state index < -0.39 is 0 Å². The van der Waals surface area contributed by atoms with Crippen LogP contribution in [0.25, 0.3) is 0 Å². The number of hydrogen-bond donors (Lipinski definition) is 0. The Morgan fingerprint density at radius 1 is 1.60 bits per heavy atom. The summed E-state index contributed by atoms with van der Waals surface area (Å²) >= 11 is 3.08. The summed E-state index contributed by atoms with van der Waals surface area (Å²) in [4.78, 5) is 11.6. The zero-order valence-corrected chi connectivity index (χ0v) is 10.1. The quantitative estimate of drug-likeness (QED) is 0.625. The molecular formula is C11H10BrNO2. The molecule has 0 spiro atoms. The van der Waals surface area contributed by atoms with E-state index in [0.29, 0.717) is 16.9 Å². The van der Waals surface area contributed by atoms with Gasteiger partial charge in [-0.2, -0.15) is 5.26 Å².